The van der Waals surface area contributed by atoms with E-state index in [1.165, 1.54) is 0 Å². The molecule has 1 amide bonds. The van der Waals surface area contributed by atoms with Crippen LogP contribution in [0.25, 0.3) is 0 Å². The van der Waals surface area contributed by atoms with Crippen molar-refractivity contribution in [2.24, 2.45) is 0 Å². The molecule has 5 rings (SSSR count). The molecule has 5 heteroatoms. The monoisotopic (exact) mass is 309 g/mol. The fraction of sp³-hybridized carbons (Fsp3) is 0.278. The minimum absolute atomic E-state index is 0.0362. The highest BCUT2D eigenvalue weighted by atomic mass is 16.6. The van der Waals surface area contributed by atoms with Crippen LogP contribution in [0.4, 0.5) is 5.69 Å². The van der Waals surface area contributed by atoms with Crippen molar-refractivity contribution in [3.63, 3.8) is 0 Å². The summed E-state index contributed by atoms with van der Waals surface area (Å²) in [6.45, 7) is 1.36. The highest BCUT2D eigenvalue weighted by molar-refractivity contribution is 6.11. The maximum atomic E-state index is 13.1. The molecule has 0 saturated heterocycles. The minimum Gasteiger partial charge on any atom is -0.491 e. The van der Waals surface area contributed by atoms with E-state index in [2.05, 4.69) is 0 Å². The van der Waals surface area contributed by atoms with Crippen molar-refractivity contribution < 1.29 is 19.0 Å². The van der Waals surface area contributed by atoms with Crippen molar-refractivity contribution in [2.45, 2.75) is 5.41 Å². The topological polar surface area (TPSA) is 48.0 Å². The predicted molar refractivity (Wildman–Crippen MR) is 83.6 cm³/mol. The van der Waals surface area contributed by atoms with Crippen LogP contribution in [0.2, 0.25) is 0 Å². The number of amides is 1. The van der Waals surface area contributed by atoms with Gasteiger partial charge in [0.05, 0.1) is 0 Å². The molecule has 116 valence electrons. The SMILES string of the molecule is CN1C(=O)[C@@]2(COc3cc4c(cc32)OCCO4)c2ccccc21. The van der Waals surface area contributed by atoms with Crippen LogP contribution in [0.15, 0.2) is 36.4 Å². The molecule has 0 bridgehead atoms. The Labute approximate surface area is 133 Å². The van der Waals surface area contributed by atoms with Crippen LogP contribution in [0, 0.1) is 0 Å². The number of nitrogens with zero attached hydrogens (tertiary/aromatic N) is 1. The molecule has 0 saturated carbocycles. The Kier molecular flexibility index (Phi) is 2.33. The second kappa shape index (κ2) is 4.19. The molecular formula is C18H15NO4. The van der Waals surface area contributed by atoms with Gasteiger partial charge in [-0.1, -0.05) is 18.2 Å². The maximum Gasteiger partial charge on any atom is 0.245 e. The van der Waals surface area contributed by atoms with Gasteiger partial charge in [-0.05, 0) is 17.7 Å². The first-order valence-electron chi connectivity index (χ1n) is 7.66. The van der Waals surface area contributed by atoms with Crippen LogP contribution in [0.1, 0.15) is 11.1 Å². The Bertz CT molecular complexity index is 847. The summed E-state index contributed by atoms with van der Waals surface area (Å²) in [5.74, 6) is 2.10. The highest BCUT2D eigenvalue weighted by Crippen LogP contribution is 2.54. The zero-order valence-corrected chi connectivity index (χ0v) is 12.7. The summed E-state index contributed by atoms with van der Waals surface area (Å²) < 4.78 is 17.2. The van der Waals surface area contributed by atoms with Crippen LogP contribution in [0.3, 0.4) is 0 Å². The average Bonchev–Trinajstić information content (AvgIpc) is 3.07. The summed E-state index contributed by atoms with van der Waals surface area (Å²) in [5, 5.41) is 0. The van der Waals surface area contributed by atoms with E-state index < -0.39 is 5.41 Å². The highest BCUT2D eigenvalue weighted by Gasteiger charge is 2.56. The number of carbonyl (C=O) groups is 1. The third kappa shape index (κ3) is 1.44. The van der Waals surface area contributed by atoms with E-state index in [4.69, 9.17) is 14.2 Å². The number of rotatable bonds is 0. The van der Waals surface area contributed by atoms with E-state index in [1.807, 2.05) is 43.4 Å². The third-order valence-electron chi connectivity index (χ3n) is 4.94. The minimum atomic E-state index is -0.781. The second-order valence-corrected chi connectivity index (χ2v) is 6.07. The fourth-order valence-corrected chi connectivity index (χ4v) is 3.82. The lowest BCUT2D eigenvalue weighted by Gasteiger charge is -2.23. The lowest BCUT2D eigenvalue weighted by Crippen LogP contribution is -2.41. The van der Waals surface area contributed by atoms with Crippen LogP contribution in [0.5, 0.6) is 17.2 Å². The van der Waals surface area contributed by atoms with Gasteiger partial charge in [-0.25, -0.2) is 0 Å². The van der Waals surface area contributed by atoms with Gasteiger partial charge in [0.25, 0.3) is 0 Å². The molecule has 23 heavy (non-hydrogen) atoms. The fourth-order valence-electron chi connectivity index (χ4n) is 3.82. The number of benzene rings is 2. The average molecular weight is 309 g/mol. The van der Waals surface area contributed by atoms with Crippen LogP contribution >= 0.6 is 0 Å². The second-order valence-electron chi connectivity index (χ2n) is 6.07. The number of para-hydroxylation sites is 1. The Morgan fingerprint density at radius 2 is 1.70 bits per heavy atom. The molecule has 0 radical (unpaired) electrons. The first-order chi connectivity index (χ1) is 11.2. The molecule has 0 aromatic heterocycles. The lowest BCUT2D eigenvalue weighted by molar-refractivity contribution is -0.121. The number of anilines is 1. The molecule has 2 aromatic carbocycles. The van der Waals surface area contributed by atoms with Crippen molar-refractivity contribution in [2.75, 3.05) is 31.8 Å². The number of ether oxygens (including phenoxy) is 3. The number of carbonyl (C=O) groups excluding carboxylic acids is 1. The molecular weight excluding hydrogens is 294 g/mol. The molecule has 5 nitrogen and oxygen atoms in total. The standard InChI is InChI=1S/C18H15NO4/c1-19-13-5-3-2-4-11(13)18(17(19)20)10-23-14-9-16-15(8-12(14)18)21-6-7-22-16/h2-5,8-9H,6-7,10H2,1H3/t18-/m0/s1. The Balaban J connectivity index is 1.77. The van der Waals surface area contributed by atoms with Crippen molar-refractivity contribution >= 4 is 11.6 Å². The Morgan fingerprint density at radius 3 is 2.52 bits per heavy atom. The predicted octanol–water partition coefficient (Wildman–Crippen LogP) is 2.11. The number of likely N-dealkylation sites (N-methyl/N-ethyl adjacent to an activating group) is 1. The van der Waals surface area contributed by atoms with Crippen molar-refractivity contribution in [3.8, 4) is 17.2 Å². The van der Waals surface area contributed by atoms with Gasteiger partial charge in [0, 0.05) is 24.4 Å². The summed E-state index contributed by atoms with van der Waals surface area (Å²) in [6, 6.07) is 11.6. The largest absolute Gasteiger partial charge is 0.491 e. The molecule has 3 heterocycles. The summed E-state index contributed by atoms with van der Waals surface area (Å²) in [5.41, 5.74) is 2.01. The molecule has 0 N–H and O–H groups in total. The molecule has 1 atom stereocenters. The number of fused-ring (bicyclic) bond motifs is 5. The summed E-state index contributed by atoms with van der Waals surface area (Å²) >= 11 is 0. The summed E-state index contributed by atoms with van der Waals surface area (Å²) in [7, 11) is 1.81. The van der Waals surface area contributed by atoms with Crippen LogP contribution in [-0.4, -0.2) is 32.8 Å². The third-order valence-corrected chi connectivity index (χ3v) is 4.94. The smallest absolute Gasteiger partial charge is 0.245 e. The molecule has 1 spiro atoms. The first-order valence-corrected chi connectivity index (χ1v) is 7.66. The van der Waals surface area contributed by atoms with E-state index in [0.717, 1.165) is 16.8 Å². The zero-order chi connectivity index (χ0) is 15.6. The van der Waals surface area contributed by atoms with Crippen LogP contribution < -0.4 is 19.1 Å². The number of hydrogen-bond donors (Lipinski definition) is 0. The normalized spacial score (nSPS) is 23.7. The van der Waals surface area contributed by atoms with Gasteiger partial charge >= 0.3 is 0 Å². The van der Waals surface area contributed by atoms with Crippen LogP contribution in [-0.2, 0) is 10.2 Å². The lowest BCUT2D eigenvalue weighted by atomic mass is 9.77. The van der Waals surface area contributed by atoms with Crippen molar-refractivity contribution in [1.82, 2.24) is 0 Å². The molecule has 0 aliphatic carbocycles. The van der Waals surface area contributed by atoms with Gasteiger partial charge < -0.3 is 19.1 Å². The van der Waals surface area contributed by atoms with E-state index in [-0.39, 0.29) is 5.91 Å². The first kappa shape index (κ1) is 12.8. The van der Waals surface area contributed by atoms with Crippen molar-refractivity contribution in [3.05, 3.63) is 47.5 Å². The quantitative estimate of drug-likeness (QED) is 0.748. The van der Waals surface area contributed by atoms with E-state index in [1.54, 1.807) is 4.90 Å². The van der Waals surface area contributed by atoms with E-state index >= 15 is 0 Å². The van der Waals surface area contributed by atoms with E-state index in [9.17, 15) is 4.79 Å². The zero-order valence-electron chi connectivity index (χ0n) is 12.7. The maximum absolute atomic E-state index is 13.1. The van der Waals surface area contributed by atoms with Crippen molar-refractivity contribution in [1.29, 1.82) is 0 Å². The number of hydrogen-bond acceptors (Lipinski definition) is 4. The molecule has 0 fully saturated rings. The molecule has 0 unspecified atom stereocenters. The Morgan fingerprint density at radius 1 is 0.957 bits per heavy atom. The molecule has 2 aromatic rings. The van der Waals surface area contributed by atoms with Gasteiger partial charge in [-0.2, -0.15) is 0 Å². The van der Waals surface area contributed by atoms with Gasteiger partial charge in [0.1, 0.15) is 31.0 Å². The molecule has 3 aliphatic heterocycles. The Hall–Kier alpha value is -2.69. The van der Waals surface area contributed by atoms with Gasteiger partial charge in [0.15, 0.2) is 11.5 Å². The van der Waals surface area contributed by atoms with Gasteiger partial charge in [0.2, 0.25) is 5.91 Å². The molecule has 3 aliphatic rings. The van der Waals surface area contributed by atoms with Gasteiger partial charge in [-0.15, -0.1) is 0 Å². The van der Waals surface area contributed by atoms with Gasteiger partial charge in [-0.3, -0.25) is 4.79 Å². The summed E-state index contributed by atoms with van der Waals surface area (Å²) in [6.07, 6.45) is 0. The van der Waals surface area contributed by atoms with E-state index in [0.29, 0.717) is 37.1 Å². The summed E-state index contributed by atoms with van der Waals surface area (Å²) in [4.78, 5) is 14.8.